The Bertz CT molecular complexity index is 207. The highest BCUT2D eigenvalue weighted by Gasteiger charge is 2.34. The van der Waals surface area contributed by atoms with E-state index in [9.17, 15) is 0 Å². The first-order chi connectivity index (χ1) is 6.97. The molecule has 0 heterocycles. The molecular weight excluding hydrogens is 244 g/mol. The Morgan fingerprint density at radius 1 is 0.750 bits per heavy atom. The Kier molecular flexibility index (Phi) is 6.21. The maximum Gasteiger partial charge on any atom is 0.0448 e. The van der Waals surface area contributed by atoms with E-state index in [1.54, 1.807) is 11.3 Å². The van der Waals surface area contributed by atoms with Crippen LogP contribution in [0.5, 0.6) is 0 Å². The summed E-state index contributed by atoms with van der Waals surface area (Å²) in [5, 5.41) is 8.95. The van der Waals surface area contributed by atoms with Gasteiger partial charge in [-0.2, -0.15) is 0 Å². The van der Waals surface area contributed by atoms with Crippen molar-refractivity contribution in [2.75, 3.05) is 6.61 Å². The lowest BCUT2D eigenvalue weighted by atomic mass is 10.5. The van der Waals surface area contributed by atoms with Crippen molar-refractivity contribution in [3.05, 3.63) is 0 Å². The van der Waals surface area contributed by atoms with Gasteiger partial charge < -0.3 is 5.11 Å². The summed E-state index contributed by atoms with van der Waals surface area (Å²) in [5.41, 5.74) is 3.11. The maximum atomic E-state index is 8.95. The van der Waals surface area contributed by atoms with Gasteiger partial charge in [0.15, 0.2) is 0 Å². The monoisotopic (exact) mass is 276 g/mol. The average Bonchev–Trinajstić information content (AvgIpc) is 1.93. The van der Waals surface area contributed by atoms with Gasteiger partial charge in [0.25, 0.3) is 0 Å². The first-order valence-electron chi connectivity index (χ1n) is 6.58. The summed E-state index contributed by atoms with van der Waals surface area (Å²) in [6.07, 6.45) is 1.02. The van der Waals surface area contributed by atoms with Crippen LogP contribution in [0, 0.1) is 0 Å². The van der Waals surface area contributed by atoms with Crippen LogP contribution < -0.4 is 0 Å². The van der Waals surface area contributed by atoms with E-state index in [-0.39, 0.29) is 0 Å². The fourth-order valence-electron chi connectivity index (χ4n) is 3.44. The second kappa shape index (κ2) is 5.98. The van der Waals surface area contributed by atoms with Crippen LogP contribution in [-0.2, 0) is 0 Å². The van der Waals surface area contributed by atoms with Crippen LogP contribution in [0.4, 0.5) is 0 Å². The molecule has 0 unspecified atom stereocenters. The molecule has 16 heavy (non-hydrogen) atoms. The van der Waals surface area contributed by atoms with E-state index in [2.05, 4.69) is 45.8 Å². The van der Waals surface area contributed by atoms with Gasteiger partial charge in [-0.05, 0) is 6.42 Å². The van der Waals surface area contributed by atoms with Crippen molar-refractivity contribution in [1.29, 1.82) is 0 Å². The molecule has 0 aromatic rings. The minimum Gasteiger partial charge on any atom is -0.396 e. The highest BCUT2D eigenvalue weighted by Crippen LogP contribution is 2.30. The Labute approximate surface area is 106 Å². The Balaban J connectivity index is 4.33. The molecule has 0 aliphatic carbocycles. The first kappa shape index (κ1) is 16.6. The molecule has 0 spiro atoms. The van der Waals surface area contributed by atoms with Gasteiger partial charge in [0.1, 0.15) is 0 Å². The summed E-state index contributed by atoms with van der Waals surface area (Å²) in [5.74, 6) is 0. The summed E-state index contributed by atoms with van der Waals surface area (Å²) in [4.78, 5) is 0. The van der Waals surface area contributed by atoms with Gasteiger partial charge in [0.2, 0.25) is 0 Å². The molecule has 0 aliphatic rings. The third kappa shape index (κ3) is 8.73. The molecule has 0 saturated heterocycles. The minimum absolute atomic E-state index is 0.381. The Morgan fingerprint density at radius 3 is 1.62 bits per heavy atom. The van der Waals surface area contributed by atoms with Crippen LogP contribution in [-0.4, -0.2) is 35.9 Å². The van der Waals surface area contributed by atoms with E-state index in [4.69, 9.17) is 5.11 Å². The lowest BCUT2D eigenvalue weighted by Crippen LogP contribution is -2.44. The zero-order valence-electron chi connectivity index (χ0n) is 12.5. The van der Waals surface area contributed by atoms with Crippen molar-refractivity contribution < 1.29 is 5.11 Å². The van der Waals surface area contributed by atoms with Gasteiger partial charge in [0.05, 0.1) is 0 Å². The molecule has 0 fully saturated rings. The molecular formula is C12H32OSi3. The fourth-order valence-corrected chi connectivity index (χ4v) is 28.7. The summed E-state index contributed by atoms with van der Waals surface area (Å²) in [6, 6.07) is 1.31. The van der Waals surface area contributed by atoms with Gasteiger partial charge in [-0.3, -0.25) is 0 Å². The van der Waals surface area contributed by atoms with Crippen molar-refractivity contribution >= 4 is 24.2 Å². The highest BCUT2D eigenvalue weighted by atomic mass is 28.4. The SMILES string of the molecule is C[Si](C)(C)C[Si](C)(C)C[Si](C)(C)CCCO. The van der Waals surface area contributed by atoms with E-state index in [0.29, 0.717) is 6.61 Å². The van der Waals surface area contributed by atoms with Crippen molar-refractivity contribution in [3.63, 3.8) is 0 Å². The van der Waals surface area contributed by atoms with Crippen molar-refractivity contribution in [1.82, 2.24) is 0 Å². The Hall–Kier alpha value is 0.611. The molecule has 4 heteroatoms. The second-order valence-corrected chi connectivity index (χ2v) is 25.2. The van der Waals surface area contributed by atoms with Crippen LogP contribution in [0.25, 0.3) is 0 Å². The standard InChI is InChI=1S/C12H32OSi3/c1-14(2,3)11-16(6,7)12-15(4,5)10-8-9-13/h13H,8-12H2,1-7H3. The lowest BCUT2D eigenvalue weighted by molar-refractivity contribution is 0.294. The number of hydrogen-bond acceptors (Lipinski definition) is 1. The number of rotatable bonds is 7. The lowest BCUT2D eigenvalue weighted by Gasteiger charge is -2.36. The predicted molar refractivity (Wildman–Crippen MR) is 84.4 cm³/mol. The summed E-state index contributed by atoms with van der Waals surface area (Å²) < 4.78 is 0. The van der Waals surface area contributed by atoms with Gasteiger partial charge in [0, 0.05) is 30.8 Å². The number of aliphatic hydroxyl groups is 1. The Morgan fingerprint density at radius 2 is 1.25 bits per heavy atom. The molecule has 0 atom stereocenters. The molecule has 1 nitrogen and oxygen atoms in total. The molecule has 0 radical (unpaired) electrons. The van der Waals surface area contributed by atoms with Crippen LogP contribution in [0.3, 0.4) is 0 Å². The van der Waals surface area contributed by atoms with Gasteiger partial charge >= 0.3 is 0 Å². The second-order valence-electron chi connectivity index (χ2n) is 8.07. The number of aliphatic hydroxyl groups excluding tert-OH is 1. The van der Waals surface area contributed by atoms with Crippen LogP contribution in [0.2, 0.25) is 63.2 Å². The third-order valence-corrected chi connectivity index (χ3v) is 20.4. The van der Waals surface area contributed by atoms with E-state index in [0.717, 1.165) is 6.42 Å². The molecule has 0 saturated carbocycles. The van der Waals surface area contributed by atoms with Gasteiger partial charge in [-0.15, -0.1) is 0 Å². The maximum absolute atomic E-state index is 8.95. The molecule has 1 N–H and O–H groups in total. The molecule has 0 amide bonds. The molecule has 0 bridgehead atoms. The zero-order chi connectivity index (χ0) is 13.0. The summed E-state index contributed by atoms with van der Waals surface area (Å²) in [7, 11) is -2.91. The molecule has 98 valence electrons. The third-order valence-electron chi connectivity index (χ3n) is 2.98. The van der Waals surface area contributed by atoms with E-state index < -0.39 is 24.2 Å². The van der Waals surface area contributed by atoms with E-state index >= 15 is 0 Å². The van der Waals surface area contributed by atoms with E-state index in [1.165, 1.54) is 6.04 Å². The molecule has 0 rings (SSSR count). The number of hydrogen-bond donors (Lipinski definition) is 1. The topological polar surface area (TPSA) is 20.2 Å². The van der Waals surface area contributed by atoms with Crippen molar-refractivity contribution in [3.8, 4) is 0 Å². The van der Waals surface area contributed by atoms with E-state index in [1.807, 2.05) is 0 Å². The van der Waals surface area contributed by atoms with Crippen molar-refractivity contribution in [2.24, 2.45) is 0 Å². The minimum atomic E-state index is -1.04. The zero-order valence-corrected chi connectivity index (χ0v) is 15.5. The quantitative estimate of drug-likeness (QED) is 0.691. The highest BCUT2D eigenvalue weighted by molar-refractivity contribution is 7.02. The molecule has 0 aliphatic heterocycles. The van der Waals surface area contributed by atoms with Crippen LogP contribution >= 0.6 is 0 Å². The molecule has 0 aromatic heterocycles. The van der Waals surface area contributed by atoms with Gasteiger partial charge in [-0.25, -0.2) is 0 Å². The smallest absolute Gasteiger partial charge is 0.0448 e. The summed E-state index contributed by atoms with van der Waals surface area (Å²) in [6.45, 7) is 18.1. The summed E-state index contributed by atoms with van der Waals surface area (Å²) >= 11 is 0. The fraction of sp³-hybridized carbons (Fsp3) is 1.00. The van der Waals surface area contributed by atoms with Crippen LogP contribution in [0.15, 0.2) is 0 Å². The predicted octanol–water partition coefficient (Wildman–Crippen LogP) is 4.20. The first-order valence-corrected chi connectivity index (χ1v) is 17.1. The van der Waals surface area contributed by atoms with Gasteiger partial charge in [-0.1, -0.05) is 63.2 Å². The normalized spacial score (nSPS) is 14.2. The largest absolute Gasteiger partial charge is 0.396 e. The van der Waals surface area contributed by atoms with Crippen LogP contribution in [0.1, 0.15) is 6.42 Å². The molecule has 0 aromatic carbocycles. The van der Waals surface area contributed by atoms with Crippen molar-refractivity contribution in [2.45, 2.75) is 69.6 Å². The average molecular weight is 277 g/mol.